The summed E-state index contributed by atoms with van der Waals surface area (Å²) in [5, 5.41) is 4.22. The maximum atomic E-state index is 13.0. The van der Waals surface area contributed by atoms with E-state index in [4.69, 9.17) is 4.74 Å². The Bertz CT molecular complexity index is 567. The Morgan fingerprint density at radius 1 is 1.26 bits per heavy atom. The van der Waals surface area contributed by atoms with Crippen LogP contribution < -0.4 is 0 Å². The van der Waals surface area contributed by atoms with Gasteiger partial charge in [-0.25, -0.2) is 0 Å². The number of rotatable bonds is 3. The Morgan fingerprint density at radius 2 is 2.09 bits per heavy atom. The van der Waals surface area contributed by atoms with E-state index in [9.17, 15) is 4.79 Å². The van der Waals surface area contributed by atoms with E-state index < -0.39 is 0 Å². The zero-order chi connectivity index (χ0) is 15.8. The van der Waals surface area contributed by atoms with Gasteiger partial charge in [-0.05, 0) is 38.8 Å². The number of ether oxygens (including phenoxy) is 1. The van der Waals surface area contributed by atoms with E-state index in [1.807, 2.05) is 19.4 Å². The number of carbonyl (C=O) groups excluding carboxylic acids is 1. The number of hydrogen-bond donors (Lipinski definition) is 0. The first kappa shape index (κ1) is 15.1. The molecule has 3 aliphatic rings. The third kappa shape index (κ3) is 2.90. The van der Waals surface area contributed by atoms with Gasteiger partial charge in [-0.1, -0.05) is 0 Å². The second kappa shape index (κ2) is 6.24. The van der Waals surface area contributed by atoms with Crippen molar-refractivity contribution >= 4 is 5.91 Å². The average molecular weight is 318 g/mol. The van der Waals surface area contributed by atoms with E-state index in [1.165, 1.54) is 25.9 Å². The smallest absolute Gasteiger partial charge is 0.228 e. The molecular weight excluding hydrogens is 292 g/mol. The summed E-state index contributed by atoms with van der Waals surface area (Å²) in [6.45, 7) is 4.87. The molecule has 0 spiro atoms. The molecule has 0 saturated carbocycles. The standard InChI is InChI=1S/C17H26N4O2/c1-19-11-13(10-18-19)16-15(5-9-23-16)17(22)21-8-4-14(12-21)20-6-2-3-7-20/h10-11,14-16H,2-9,12H2,1H3/t14-,15+,16-/m1/s1. The molecule has 126 valence electrons. The van der Waals surface area contributed by atoms with E-state index in [2.05, 4.69) is 14.9 Å². The molecule has 3 saturated heterocycles. The maximum absolute atomic E-state index is 13.0. The predicted octanol–water partition coefficient (Wildman–Crippen LogP) is 1.19. The monoisotopic (exact) mass is 318 g/mol. The highest BCUT2D eigenvalue weighted by molar-refractivity contribution is 5.80. The number of nitrogens with zero attached hydrogens (tertiary/aromatic N) is 4. The SMILES string of the molecule is Cn1cc([C@H]2OCC[C@@H]2C(=O)N2CC[C@@H](N3CCCC3)C2)cn1. The van der Waals surface area contributed by atoms with E-state index in [-0.39, 0.29) is 17.9 Å². The summed E-state index contributed by atoms with van der Waals surface area (Å²) in [7, 11) is 1.90. The van der Waals surface area contributed by atoms with Crippen LogP contribution in [0.15, 0.2) is 12.4 Å². The molecule has 4 heterocycles. The number of hydrogen-bond acceptors (Lipinski definition) is 4. The Labute approximate surface area is 137 Å². The highest BCUT2D eigenvalue weighted by atomic mass is 16.5. The van der Waals surface area contributed by atoms with Gasteiger partial charge in [0.2, 0.25) is 5.91 Å². The quantitative estimate of drug-likeness (QED) is 0.840. The number of carbonyl (C=O) groups is 1. The van der Waals surface area contributed by atoms with Gasteiger partial charge >= 0.3 is 0 Å². The summed E-state index contributed by atoms with van der Waals surface area (Å²) >= 11 is 0. The molecule has 1 aromatic heterocycles. The van der Waals surface area contributed by atoms with Crippen LogP contribution in [0.4, 0.5) is 0 Å². The van der Waals surface area contributed by atoms with Crippen LogP contribution in [0.5, 0.6) is 0 Å². The molecule has 23 heavy (non-hydrogen) atoms. The third-order valence-corrected chi connectivity index (χ3v) is 5.59. The van der Waals surface area contributed by atoms with Crippen molar-refractivity contribution in [2.24, 2.45) is 13.0 Å². The molecular formula is C17H26N4O2. The van der Waals surface area contributed by atoms with Crippen LogP contribution in [-0.2, 0) is 16.6 Å². The molecule has 6 nitrogen and oxygen atoms in total. The molecule has 4 rings (SSSR count). The Hall–Kier alpha value is -1.40. The fourth-order valence-electron chi connectivity index (χ4n) is 4.34. The number of aromatic nitrogens is 2. The normalized spacial score (nSPS) is 32.0. The highest BCUT2D eigenvalue weighted by Crippen LogP contribution is 2.36. The fourth-order valence-corrected chi connectivity index (χ4v) is 4.34. The lowest BCUT2D eigenvalue weighted by atomic mass is 9.96. The summed E-state index contributed by atoms with van der Waals surface area (Å²) in [6, 6.07) is 0.570. The molecule has 0 radical (unpaired) electrons. The Kier molecular flexibility index (Phi) is 4.11. The Balaban J connectivity index is 1.42. The minimum absolute atomic E-state index is 0.0449. The first-order chi connectivity index (χ1) is 11.2. The summed E-state index contributed by atoms with van der Waals surface area (Å²) in [5.41, 5.74) is 1.03. The van der Waals surface area contributed by atoms with Crippen LogP contribution in [0.2, 0.25) is 0 Å². The van der Waals surface area contributed by atoms with Gasteiger partial charge in [-0.2, -0.15) is 5.10 Å². The van der Waals surface area contributed by atoms with E-state index >= 15 is 0 Å². The minimum atomic E-state index is -0.123. The van der Waals surface area contributed by atoms with E-state index in [1.54, 1.807) is 4.68 Å². The summed E-state index contributed by atoms with van der Waals surface area (Å²) < 4.78 is 7.64. The van der Waals surface area contributed by atoms with Crippen molar-refractivity contribution in [2.45, 2.75) is 37.8 Å². The number of likely N-dealkylation sites (tertiary alicyclic amines) is 2. The van der Waals surface area contributed by atoms with Crippen LogP contribution >= 0.6 is 0 Å². The zero-order valence-corrected chi connectivity index (χ0v) is 13.9. The minimum Gasteiger partial charge on any atom is -0.373 e. The van der Waals surface area contributed by atoms with Gasteiger partial charge in [-0.3, -0.25) is 14.4 Å². The molecule has 0 unspecified atom stereocenters. The highest BCUT2D eigenvalue weighted by Gasteiger charge is 2.41. The van der Waals surface area contributed by atoms with Crippen LogP contribution in [-0.4, -0.2) is 64.3 Å². The van der Waals surface area contributed by atoms with Crippen molar-refractivity contribution in [2.75, 3.05) is 32.8 Å². The second-order valence-electron chi connectivity index (χ2n) is 7.10. The molecule has 0 N–H and O–H groups in total. The largest absolute Gasteiger partial charge is 0.373 e. The van der Waals surface area contributed by atoms with Crippen LogP contribution in [0, 0.1) is 5.92 Å². The Morgan fingerprint density at radius 3 is 2.83 bits per heavy atom. The molecule has 1 aromatic rings. The molecule has 1 amide bonds. The molecule has 3 fully saturated rings. The van der Waals surface area contributed by atoms with Crippen LogP contribution in [0.25, 0.3) is 0 Å². The van der Waals surface area contributed by atoms with Gasteiger partial charge in [0.15, 0.2) is 0 Å². The molecule has 0 aliphatic carbocycles. The topological polar surface area (TPSA) is 50.6 Å². The average Bonchev–Trinajstić information content (AvgIpc) is 3.31. The van der Waals surface area contributed by atoms with Crippen molar-refractivity contribution in [1.29, 1.82) is 0 Å². The third-order valence-electron chi connectivity index (χ3n) is 5.59. The molecule has 3 aliphatic heterocycles. The second-order valence-corrected chi connectivity index (χ2v) is 7.10. The van der Waals surface area contributed by atoms with E-state index in [0.29, 0.717) is 12.6 Å². The van der Waals surface area contributed by atoms with Gasteiger partial charge in [0.25, 0.3) is 0 Å². The maximum Gasteiger partial charge on any atom is 0.228 e. The molecule has 0 aromatic carbocycles. The van der Waals surface area contributed by atoms with Gasteiger partial charge in [-0.15, -0.1) is 0 Å². The van der Waals surface area contributed by atoms with Gasteiger partial charge in [0, 0.05) is 44.5 Å². The zero-order valence-electron chi connectivity index (χ0n) is 13.9. The fraction of sp³-hybridized carbons (Fsp3) is 0.765. The van der Waals surface area contributed by atoms with Gasteiger partial charge in [0.1, 0.15) is 0 Å². The molecule has 3 atom stereocenters. The first-order valence-corrected chi connectivity index (χ1v) is 8.85. The van der Waals surface area contributed by atoms with Crippen molar-refractivity contribution < 1.29 is 9.53 Å². The van der Waals surface area contributed by atoms with Gasteiger partial charge in [0.05, 0.1) is 18.2 Å². The van der Waals surface area contributed by atoms with E-state index in [0.717, 1.165) is 31.5 Å². The summed E-state index contributed by atoms with van der Waals surface area (Å²) in [4.78, 5) is 17.6. The lowest BCUT2D eigenvalue weighted by molar-refractivity contribution is -0.136. The van der Waals surface area contributed by atoms with Crippen LogP contribution in [0.3, 0.4) is 0 Å². The predicted molar refractivity (Wildman–Crippen MR) is 85.8 cm³/mol. The number of amides is 1. The molecule has 0 bridgehead atoms. The summed E-state index contributed by atoms with van der Waals surface area (Å²) in [6.07, 6.45) is 8.23. The first-order valence-electron chi connectivity index (χ1n) is 8.85. The van der Waals surface area contributed by atoms with Crippen molar-refractivity contribution in [3.05, 3.63) is 18.0 Å². The van der Waals surface area contributed by atoms with Crippen molar-refractivity contribution in [3.8, 4) is 0 Å². The van der Waals surface area contributed by atoms with Crippen molar-refractivity contribution in [3.63, 3.8) is 0 Å². The van der Waals surface area contributed by atoms with Gasteiger partial charge < -0.3 is 9.64 Å². The van der Waals surface area contributed by atoms with Crippen molar-refractivity contribution in [1.82, 2.24) is 19.6 Å². The summed E-state index contributed by atoms with van der Waals surface area (Å²) in [5.74, 6) is 0.231. The lowest BCUT2D eigenvalue weighted by Crippen LogP contribution is -2.39. The number of aryl methyl sites for hydroxylation is 1. The van der Waals surface area contributed by atoms with Crippen LogP contribution in [0.1, 0.15) is 37.4 Å². The molecule has 6 heteroatoms. The lowest BCUT2D eigenvalue weighted by Gasteiger charge is -2.26.